The SMILES string of the molecule is Cc1ccc(S(=O)(=O)N=S(=O)(CCO)c2ccccc2)cc1. The molecule has 0 aliphatic heterocycles. The Bertz CT molecular complexity index is 850. The molecule has 0 bridgehead atoms. The van der Waals surface area contributed by atoms with Gasteiger partial charge in [-0.05, 0) is 31.2 Å². The van der Waals surface area contributed by atoms with Crippen molar-refractivity contribution in [3.05, 3.63) is 60.2 Å². The van der Waals surface area contributed by atoms with Crippen LogP contribution < -0.4 is 0 Å². The predicted octanol–water partition coefficient (Wildman–Crippen LogP) is 2.20. The summed E-state index contributed by atoms with van der Waals surface area (Å²) in [5, 5.41) is 9.13. The summed E-state index contributed by atoms with van der Waals surface area (Å²) in [6.45, 7) is 1.42. The van der Waals surface area contributed by atoms with E-state index >= 15 is 0 Å². The number of rotatable bonds is 5. The lowest BCUT2D eigenvalue weighted by molar-refractivity contribution is 0.321. The summed E-state index contributed by atoms with van der Waals surface area (Å²) in [5.74, 6) is -0.234. The number of hydrogen-bond donors (Lipinski definition) is 1. The molecule has 0 radical (unpaired) electrons. The normalized spacial score (nSPS) is 14.3. The molecule has 0 fully saturated rings. The maximum atomic E-state index is 12.9. The summed E-state index contributed by atoms with van der Waals surface area (Å²) in [4.78, 5) is 0.277. The zero-order valence-corrected chi connectivity index (χ0v) is 13.7. The van der Waals surface area contributed by atoms with Crippen LogP contribution in [0.2, 0.25) is 0 Å². The molecule has 1 N–H and O–H groups in total. The monoisotopic (exact) mass is 339 g/mol. The first-order valence-corrected chi connectivity index (χ1v) is 9.73. The second kappa shape index (κ2) is 6.60. The summed E-state index contributed by atoms with van der Waals surface area (Å²) >= 11 is 0. The first kappa shape index (κ1) is 16.7. The molecule has 0 spiro atoms. The Balaban J connectivity index is 2.59. The molecule has 0 amide bonds. The molecule has 0 aliphatic carbocycles. The van der Waals surface area contributed by atoms with Crippen molar-refractivity contribution in [2.75, 3.05) is 12.4 Å². The lowest BCUT2D eigenvalue weighted by Gasteiger charge is -2.09. The van der Waals surface area contributed by atoms with Gasteiger partial charge in [-0.1, -0.05) is 35.9 Å². The number of aliphatic hydroxyl groups excluding tert-OH is 1. The molecular weight excluding hydrogens is 322 g/mol. The first-order chi connectivity index (χ1) is 10.4. The molecule has 2 aromatic rings. The summed E-state index contributed by atoms with van der Waals surface area (Å²) in [5.41, 5.74) is 0.915. The van der Waals surface area contributed by atoms with Crippen LogP contribution in [0.3, 0.4) is 0 Å². The summed E-state index contributed by atoms with van der Waals surface area (Å²) < 4.78 is 41.3. The number of nitrogens with zero attached hydrogens (tertiary/aromatic N) is 1. The minimum atomic E-state index is -4.07. The fourth-order valence-corrected chi connectivity index (χ4v) is 5.67. The largest absolute Gasteiger partial charge is 0.395 e. The van der Waals surface area contributed by atoms with E-state index in [9.17, 15) is 12.6 Å². The lowest BCUT2D eigenvalue weighted by atomic mass is 10.2. The van der Waals surface area contributed by atoms with Crippen molar-refractivity contribution < 1.29 is 17.7 Å². The topological polar surface area (TPSA) is 83.8 Å². The van der Waals surface area contributed by atoms with Crippen molar-refractivity contribution in [1.29, 1.82) is 0 Å². The molecule has 2 aromatic carbocycles. The zero-order valence-electron chi connectivity index (χ0n) is 12.0. The van der Waals surface area contributed by atoms with Gasteiger partial charge in [0.1, 0.15) is 0 Å². The Morgan fingerprint density at radius 1 is 0.909 bits per heavy atom. The number of hydrogen-bond acceptors (Lipinski definition) is 4. The van der Waals surface area contributed by atoms with Gasteiger partial charge in [0.2, 0.25) is 0 Å². The van der Waals surface area contributed by atoms with Gasteiger partial charge in [-0.3, -0.25) is 0 Å². The van der Waals surface area contributed by atoms with Gasteiger partial charge in [0.15, 0.2) is 0 Å². The molecule has 1 unspecified atom stereocenters. The highest BCUT2D eigenvalue weighted by atomic mass is 32.3. The molecule has 0 aliphatic rings. The fraction of sp³-hybridized carbons (Fsp3) is 0.200. The Morgan fingerprint density at radius 2 is 1.50 bits per heavy atom. The maximum Gasteiger partial charge on any atom is 0.290 e. The average Bonchev–Trinajstić information content (AvgIpc) is 2.48. The van der Waals surface area contributed by atoms with E-state index in [1.165, 1.54) is 12.1 Å². The second-order valence-corrected chi connectivity index (χ2v) is 8.92. The van der Waals surface area contributed by atoms with E-state index in [2.05, 4.69) is 3.77 Å². The molecule has 0 saturated heterocycles. The van der Waals surface area contributed by atoms with Crippen LogP contribution in [0.4, 0.5) is 0 Å². The van der Waals surface area contributed by atoms with Crippen LogP contribution in [-0.2, 0) is 19.8 Å². The third kappa shape index (κ3) is 3.73. The summed E-state index contributed by atoms with van der Waals surface area (Å²) in [6.07, 6.45) is 0. The van der Waals surface area contributed by atoms with Crippen LogP contribution in [0.1, 0.15) is 5.56 Å². The average molecular weight is 339 g/mol. The van der Waals surface area contributed by atoms with Gasteiger partial charge in [0, 0.05) is 4.90 Å². The van der Waals surface area contributed by atoms with E-state index in [4.69, 9.17) is 5.11 Å². The molecular formula is C15H17NO4S2. The molecule has 22 heavy (non-hydrogen) atoms. The summed E-state index contributed by atoms with van der Waals surface area (Å²) in [6, 6.07) is 14.3. The van der Waals surface area contributed by atoms with Crippen molar-refractivity contribution in [2.24, 2.45) is 3.77 Å². The predicted molar refractivity (Wildman–Crippen MR) is 85.6 cm³/mol. The molecule has 0 saturated carbocycles. The molecule has 7 heteroatoms. The Labute approximate surface area is 130 Å². The fourth-order valence-electron chi connectivity index (χ4n) is 1.87. The highest BCUT2D eigenvalue weighted by Gasteiger charge is 2.20. The Kier molecular flexibility index (Phi) is 5.00. The number of aliphatic hydroxyl groups is 1. The number of sulfonamides is 1. The molecule has 0 aromatic heterocycles. The second-order valence-electron chi connectivity index (χ2n) is 4.74. The Morgan fingerprint density at radius 3 is 2.05 bits per heavy atom. The van der Waals surface area contributed by atoms with Crippen molar-refractivity contribution in [2.45, 2.75) is 16.7 Å². The first-order valence-electron chi connectivity index (χ1n) is 6.61. The van der Waals surface area contributed by atoms with Crippen LogP contribution in [0.15, 0.2) is 68.2 Å². The van der Waals surface area contributed by atoms with Gasteiger partial charge >= 0.3 is 0 Å². The number of aryl methyl sites for hydroxylation is 1. The smallest absolute Gasteiger partial charge is 0.290 e. The van der Waals surface area contributed by atoms with Gasteiger partial charge in [0.25, 0.3) is 10.0 Å². The van der Waals surface area contributed by atoms with Crippen LogP contribution in [0.25, 0.3) is 0 Å². The van der Waals surface area contributed by atoms with Crippen LogP contribution in [0, 0.1) is 6.92 Å². The minimum Gasteiger partial charge on any atom is -0.395 e. The molecule has 2 rings (SSSR count). The third-order valence-electron chi connectivity index (χ3n) is 3.02. The highest BCUT2D eigenvalue weighted by Crippen LogP contribution is 2.20. The highest BCUT2D eigenvalue weighted by molar-refractivity contribution is 8.03. The number of benzene rings is 2. The van der Waals surface area contributed by atoms with Gasteiger partial charge in [-0.15, -0.1) is 3.77 Å². The van der Waals surface area contributed by atoms with E-state index in [0.717, 1.165) is 5.56 Å². The van der Waals surface area contributed by atoms with E-state index < -0.39 is 26.4 Å². The minimum absolute atomic E-state index is 0.0142. The Hall–Kier alpha value is -1.70. The summed E-state index contributed by atoms with van der Waals surface area (Å²) in [7, 11) is -7.31. The van der Waals surface area contributed by atoms with Gasteiger partial charge in [0.05, 0.1) is 27.0 Å². The van der Waals surface area contributed by atoms with Crippen LogP contribution >= 0.6 is 0 Å². The van der Waals surface area contributed by atoms with E-state index in [1.54, 1.807) is 42.5 Å². The lowest BCUT2D eigenvalue weighted by Crippen LogP contribution is -2.13. The maximum absolute atomic E-state index is 12.9. The molecule has 5 nitrogen and oxygen atoms in total. The van der Waals surface area contributed by atoms with Gasteiger partial charge < -0.3 is 5.11 Å². The van der Waals surface area contributed by atoms with Crippen LogP contribution in [0.5, 0.6) is 0 Å². The molecule has 118 valence electrons. The van der Waals surface area contributed by atoms with Crippen molar-refractivity contribution in [3.63, 3.8) is 0 Å². The van der Waals surface area contributed by atoms with E-state index in [1.807, 2.05) is 6.92 Å². The molecule has 0 heterocycles. The third-order valence-corrected chi connectivity index (χ3v) is 7.38. The van der Waals surface area contributed by atoms with Gasteiger partial charge in [-0.25, -0.2) is 4.21 Å². The van der Waals surface area contributed by atoms with Crippen molar-refractivity contribution in [1.82, 2.24) is 0 Å². The standard InChI is InChI=1S/C15H17NO4S2/c1-13-7-9-15(10-8-13)22(19,20)16-21(18,12-11-17)14-5-3-2-4-6-14/h2-10,17H,11-12H2,1H3. The van der Waals surface area contributed by atoms with E-state index in [0.29, 0.717) is 4.90 Å². The van der Waals surface area contributed by atoms with E-state index in [-0.39, 0.29) is 10.6 Å². The van der Waals surface area contributed by atoms with Gasteiger partial charge in [-0.2, -0.15) is 8.42 Å². The van der Waals surface area contributed by atoms with Crippen molar-refractivity contribution >= 4 is 19.8 Å². The van der Waals surface area contributed by atoms with Crippen molar-refractivity contribution in [3.8, 4) is 0 Å². The zero-order chi connectivity index (χ0) is 16.2. The molecule has 1 atom stereocenters. The van der Waals surface area contributed by atoms with Crippen LogP contribution in [-0.4, -0.2) is 30.1 Å². The quantitative estimate of drug-likeness (QED) is 0.905.